The number of H-pyrrole nitrogens is 1. The first kappa shape index (κ1) is 8.51. The van der Waals surface area contributed by atoms with Crippen molar-refractivity contribution in [2.75, 3.05) is 0 Å². The second kappa shape index (κ2) is 3.41. The van der Waals surface area contributed by atoms with E-state index < -0.39 is 0 Å². The van der Waals surface area contributed by atoms with Crippen LogP contribution in [0.2, 0.25) is 0 Å². The number of hydrogen-bond donors (Lipinski definition) is 1. The Hall–Kier alpha value is -0.790. The van der Waals surface area contributed by atoms with Gasteiger partial charge in [-0.1, -0.05) is 25.7 Å². The number of nitrogens with zero attached hydrogens (tertiary/aromatic N) is 1. The van der Waals surface area contributed by atoms with E-state index in [1.54, 1.807) is 0 Å². The molecule has 2 saturated carbocycles. The highest BCUT2D eigenvalue weighted by molar-refractivity contribution is 5.09. The Kier molecular flexibility index (Phi) is 2.07. The third-order valence-electron chi connectivity index (χ3n) is 4.24. The molecule has 3 rings (SSSR count). The Morgan fingerprint density at radius 3 is 2.79 bits per heavy atom. The van der Waals surface area contributed by atoms with Crippen LogP contribution in [0.1, 0.15) is 50.1 Å². The van der Waals surface area contributed by atoms with Crippen molar-refractivity contribution in [2.45, 2.75) is 44.4 Å². The third kappa shape index (κ3) is 1.28. The standard InChI is InChI=1S/C12H18N2/c1-3-9-4-2-6-11(10(9)5-1)12-7-13-8-14-12/h7-11H,1-6H2,(H,13,14). The number of aromatic nitrogens is 2. The molecule has 0 bridgehead atoms. The lowest BCUT2D eigenvalue weighted by atomic mass is 9.73. The van der Waals surface area contributed by atoms with Gasteiger partial charge >= 0.3 is 0 Å². The summed E-state index contributed by atoms with van der Waals surface area (Å²) in [5, 5.41) is 0. The quantitative estimate of drug-likeness (QED) is 0.724. The first-order valence-corrected chi connectivity index (χ1v) is 5.93. The summed E-state index contributed by atoms with van der Waals surface area (Å²) in [7, 11) is 0. The van der Waals surface area contributed by atoms with Crippen molar-refractivity contribution in [3.8, 4) is 0 Å². The summed E-state index contributed by atoms with van der Waals surface area (Å²) in [6.07, 6.45) is 12.5. The van der Waals surface area contributed by atoms with Crippen LogP contribution in [0.5, 0.6) is 0 Å². The van der Waals surface area contributed by atoms with Crippen LogP contribution in [0, 0.1) is 11.8 Å². The average molecular weight is 190 g/mol. The zero-order chi connectivity index (χ0) is 9.38. The zero-order valence-electron chi connectivity index (χ0n) is 8.58. The van der Waals surface area contributed by atoms with Crippen LogP contribution in [0.25, 0.3) is 0 Å². The number of hydrogen-bond acceptors (Lipinski definition) is 1. The topological polar surface area (TPSA) is 28.7 Å². The van der Waals surface area contributed by atoms with Crippen LogP contribution in [0.3, 0.4) is 0 Å². The van der Waals surface area contributed by atoms with E-state index in [0.29, 0.717) is 0 Å². The van der Waals surface area contributed by atoms with Crippen LogP contribution < -0.4 is 0 Å². The van der Waals surface area contributed by atoms with Gasteiger partial charge in [-0.15, -0.1) is 0 Å². The van der Waals surface area contributed by atoms with Gasteiger partial charge < -0.3 is 4.98 Å². The molecule has 1 aromatic heterocycles. The number of nitrogens with one attached hydrogen (secondary N) is 1. The lowest BCUT2D eigenvalue weighted by Gasteiger charge is -2.33. The van der Waals surface area contributed by atoms with Gasteiger partial charge in [0.2, 0.25) is 0 Å². The molecule has 0 radical (unpaired) electrons. The highest BCUT2D eigenvalue weighted by Crippen LogP contribution is 2.48. The molecule has 76 valence electrons. The maximum atomic E-state index is 4.16. The highest BCUT2D eigenvalue weighted by Gasteiger charge is 2.37. The molecule has 1 aromatic rings. The predicted molar refractivity (Wildman–Crippen MR) is 56.0 cm³/mol. The Bertz CT molecular complexity index is 291. The fourth-order valence-corrected chi connectivity index (χ4v) is 3.62. The Morgan fingerprint density at radius 2 is 2.00 bits per heavy atom. The first-order valence-electron chi connectivity index (χ1n) is 5.93. The summed E-state index contributed by atoms with van der Waals surface area (Å²) in [5.74, 6) is 2.78. The summed E-state index contributed by atoms with van der Waals surface area (Å²) >= 11 is 0. The third-order valence-corrected chi connectivity index (χ3v) is 4.24. The molecule has 0 aliphatic heterocycles. The molecule has 0 spiro atoms. The van der Waals surface area contributed by atoms with Gasteiger partial charge in [0.05, 0.1) is 6.33 Å². The minimum absolute atomic E-state index is 0.791. The Labute approximate surface area is 85.1 Å². The van der Waals surface area contributed by atoms with Crippen LogP contribution >= 0.6 is 0 Å². The number of rotatable bonds is 1. The van der Waals surface area contributed by atoms with E-state index in [9.17, 15) is 0 Å². The molecule has 2 aliphatic carbocycles. The molecular weight excluding hydrogens is 172 g/mol. The number of imidazole rings is 1. The number of fused-ring (bicyclic) bond motifs is 1. The van der Waals surface area contributed by atoms with E-state index in [-0.39, 0.29) is 0 Å². The van der Waals surface area contributed by atoms with Crippen molar-refractivity contribution in [1.29, 1.82) is 0 Å². The van der Waals surface area contributed by atoms with Gasteiger partial charge in [-0.25, -0.2) is 4.98 Å². The van der Waals surface area contributed by atoms with Gasteiger partial charge in [0.1, 0.15) is 0 Å². The van der Waals surface area contributed by atoms with E-state index in [1.165, 1.54) is 44.2 Å². The van der Waals surface area contributed by atoms with Gasteiger partial charge in [-0.2, -0.15) is 0 Å². The van der Waals surface area contributed by atoms with Crippen molar-refractivity contribution in [3.05, 3.63) is 18.2 Å². The van der Waals surface area contributed by atoms with E-state index in [2.05, 4.69) is 9.97 Å². The van der Waals surface area contributed by atoms with Crippen molar-refractivity contribution in [2.24, 2.45) is 11.8 Å². The van der Waals surface area contributed by atoms with Crippen molar-refractivity contribution < 1.29 is 0 Å². The van der Waals surface area contributed by atoms with Crippen LogP contribution in [-0.2, 0) is 0 Å². The zero-order valence-corrected chi connectivity index (χ0v) is 8.58. The normalized spacial score (nSPS) is 37.0. The van der Waals surface area contributed by atoms with Crippen molar-refractivity contribution in [1.82, 2.24) is 9.97 Å². The summed E-state index contributed by atoms with van der Waals surface area (Å²) in [6.45, 7) is 0. The Morgan fingerprint density at radius 1 is 1.14 bits per heavy atom. The SMILES string of the molecule is c1ncc(C2CCCC3CCCC32)[nH]1. The van der Waals surface area contributed by atoms with E-state index >= 15 is 0 Å². The molecule has 2 nitrogen and oxygen atoms in total. The van der Waals surface area contributed by atoms with Gasteiger partial charge in [0, 0.05) is 17.8 Å². The fourth-order valence-electron chi connectivity index (χ4n) is 3.62. The molecule has 14 heavy (non-hydrogen) atoms. The second-order valence-corrected chi connectivity index (χ2v) is 4.90. The molecule has 2 heteroatoms. The molecule has 0 aromatic carbocycles. The molecule has 2 aliphatic rings. The molecular formula is C12H18N2. The smallest absolute Gasteiger partial charge is 0.0921 e. The van der Waals surface area contributed by atoms with E-state index in [1.807, 2.05) is 12.5 Å². The molecule has 3 unspecified atom stereocenters. The maximum Gasteiger partial charge on any atom is 0.0921 e. The molecule has 0 amide bonds. The lowest BCUT2D eigenvalue weighted by molar-refractivity contribution is 0.235. The summed E-state index contributed by atoms with van der Waals surface area (Å²) in [6, 6.07) is 0. The second-order valence-electron chi connectivity index (χ2n) is 4.90. The first-order chi connectivity index (χ1) is 6.95. The van der Waals surface area contributed by atoms with Crippen LogP contribution in [0.15, 0.2) is 12.5 Å². The molecule has 0 saturated heterocycles. The largest absolute Gasteiger partial charge is 0.348 e. The van der Waals surface area contributed by atoms with Crippen LogP contribution in [-0.4, -0.2) is 9.97 Å². The van der Waals surface area contributed by atoms with Gasteiger partial charge in [0.15, 0.2) is 0 Å². The molecule has 1 heterocycles. The summed E-state index contributed by atoms with van der Waals surface area (Å²) < 4.78 is 0. The minimum atomic E-state index is 0.791. The van der Waals surface area contributed by atoms with E-state index in [0.717, 1.165) is 17.8 Å². The van der Waals surface area contributed by atoms with Crippen molar-refractivity contribution in [3.63, 3.8) is 0 Å². The van der Waals surface area contributed by atoms with Gasteiger partial charge in [-0.05, 0) is 24.7 Å². The van der Waals surface area contributed by atoms with Crippen molar-refractivity contribution >= 4 is 0 Å². The predicted octanol–water partition coefficient (Wildman–Crippen LogP) is 3.09. The van der Waals surface area contributed by atoms with E-state index in [4.69, 9.17) is 0 Å². The minimum Gasteiger partial charge on any atom is -0.348 e. The summed E-state index contributed by atoms with van der Waals surface area (Å²) in [5.41, 5.74) is 1.39. The number of aromatic amines is 1. The van der Waals surface area contributed by atoms with Crippen LogP contribution in [0.4, 0.5) is 0 Å². The van der Waals surface area contributed by atoms with Gasteiger partial charge in [-0.3, -0.25) is 0 Å². The Balaban J connectivity index is 1.84. The van der Waals surface area contributed by atoms with Gasteiger partial charge in [0.25, 0.3) is 0 Å². The molecule has 1 N–H and O–H groups in total. The highest BCUT2D eigenvalue weighted by atomic mass is 14.9. The summed E-state index contributed by atoms with van der Waals surface area (Å²) in [4.78, 5) is 7.46. The fraction of sp³-hybridized carbons (Fsp3) is 0.750. The lowest BCUT2D eigenvalue weighted by Crippen LogP contribution is -2.22. The monoisotopic (exact) mass is 190 g/mol. The average Bonchev–Trinajstić information content (AvgIpc) is 2.88. The maximum absolute atomic E-state index is 4.16. The molecule has 2 fully saturated rings. The molecule has 3 atom stereocenters.